The number of benzene rings is 1. The average molecular weight is 304 g/mol. The number of nitrogens with one attached hydrogen (secondary N) is 1. The number of hydrogen-bond acceptors (Lipinski definition) is 5. The number of aromatic nitrogens is 2. The summed E-state index contributed by atoms with van der Waals surface area (Å²) in [5.74, 6) is -0.124. The van der Waals surface area contributed by atoms with Crippen molar-refractivity contribution in [1.29, 1.82) is 0 Å². The molecule has 0 fully saturated rings. The van der Waals surface area contributed by atoms with Gasteiger partial charge < -0.3 is 10.2 Å². The van der Waals surface area contributed by atoms with Gasteiger partial charge in [-0.3, -0.25) is 9.59 Å². The van der Waals surface area contributed by atoms with E-state index < -0.39 is 0 Å². The second kappa shape index (κ2) is 7.03. The maximum Gasteiger partial charge on any atom is 0.241 e. The molecule has 1 heterocycles. The van der Waals surface area contributed by atoms with Gasteiger partial charge in [-0.05, 0) is 6.07 Å². The average Bonchev–Trinajstić information content (AvgIpc) is 2.50. The van der Waals surface area contributed by atoms with Crippen molar-refractivity contribution in [2.45, 2.75) is 5.03 Å². The Hall–Kier alpha value is -2.15. The number of fused-ring (bicyclic) bond motifs is 1. The first kappa shape index (κ1) is 15.2. The summed E-state index contributed by atoms with van der Waals surface area (Å²) in [4.78, 5) is 32.9. The quantitative estimate of drug-likeness (QED) is 0.657. The van der Waals surface area contributed by atoms with Crippen molar-refractivity contribution in [3.8, 4) is 0 Å². The van der Waals surface area contributed by atoms with E-state index in [1.54, 1.807) is 14.1 Å². The molecule has 110 valence electrons. The number of nitrogens with zero attached hydrogens (tertiary/aromatic N) is 3. The van der Waals surface area contributed by atoms with Crippen molar-refractivity contribution < 1.29 is 9.59 Å². The van der Waals surface area contributed by atoms with Crippen molar-refractivity contribution >= 4 is 34.5 Å². The van der Waals surface area contributed by atoms with Crippen LogP contribution in [0.25, 0.3) is 10.9 Å². The van der Waals surface area contributed by atoms with E-state index in [0.717, 1.165) is 15.9 Å². The third-order valence-corrected chi connectivity index (χ3v) is 3.79. The smallest absolute Gasteiger partial charge is 0.241 e. The second-order valence-electron chi connectivity index (χ2n) is 4.55. The molecule has 1 aromatic heterocycles. The molecule has 6 nitrogen and oxygen atoms in total. The van der Waals surface area contributed by atoms with E-state index in [2.05, 4.69) is 15.3 Å². The molecule has 0 spiro atoms. The molecule has 1 N–H and O–H groups in total. The van der Waals surface area contributed by atoms with E-state index in [9.17, 15) is 9.59 Å². The maximum absolute atomic E-state index is 11.7. The number of thioether (sulfide) groups is 1. The zero-order valence-corrected chi connectivity index (χ0v) is 12.7. The molecule has 21 heavy (non-hydrogen) atoms. The number of hydrogen-bond donors (Lipinski definition) is 1. The topological polar surface area (TPSA) is 75.2 Å². The van der Waals surface area contributed by atoms with Gasteiger partial charge in [0.1, 0.15) is 11.4 Å². The molecule has 2 rings (SSSR count). The molecule has 0 bridgehead atoms. The minimum Gasteiger partial charge on any atom is -0.347 e. The summed E-state index contributed by atoms with van der Waals surface area (Å²) in [5, 5.41) is 4.27. The Balaban J connectivity index is 1.93. The van der Waals surface area contributed by atoms with Crippen LogP contribution in [0.2, 0.25) is 0 Å². The first-order valence-corrected chi connectivity index (χ1v) is 7.36. The Morgan fingerprint density at radius 2 is 2.00 bits per heavy atom. The minimum absolute atomic E-state index is 0.0108. The van der Waals surface area contributed by atoms with E-state index in [1.165, 1.54) is 23.0 Å². The summed E-state index contributed by atoms with van der Waals surface area (Å²) in [6, 6.07) is 7.64. The van der Waals surface area contributed by atoms with Crippen LogP contribution in [0.5, 0.6) is 0 Å². The fraction of sp³-hybridized carbons (Fsp3) is 0.286. The molecule has 0 unspecified atom stereocenters. The summed E-state index contributed by atoms with van der Waals surface area (Å²) >= 11 is 1.33. The monoisotopic (exact) mass is 304 g/mol. The highest BCUT2D eigenvalue weighted by molar-refractivity contribution is 8.00. The van der Waals surface area contributed by atoms with Crippen LogP contribution in [0.3, 0.4) is 0 Å². The van der Waals surface area contributed by atoms with Crippen LogP contribution in [-0.2, 0) is 9.59 Å². The minimum atomic E-state index is -0.196. The highest BCUT2D eigenvalue weighted by atomic mass is 32.2. The molecule has 0 saturated heterocycles. The lowest BCUT2D eigenvalue weighted by atomic mass is 10.2. The van der Waals surface area contributed by atoms with Crippen LogP contribution >= 0.6 is 11.8 Å². The van der Waals surface area contributed by atoms with Crippen LogP contribution in [-0.4, -0.2) is 53.1 Å². The molecule has 0 aliphatic carbocycles. The molecule has 0 atom stereocenters. The summed E-state index contributed by atoms with van der Waals surface area (Å²) in [6.07, 6.45) is 1.48. The molecule has 0 saturated carbocycles. The molecular formula is C14H16N4O2S. The van der Waals surface area contributed by atoms with Gasteiger partial charge in [0, 0.05) is 19.5 Å². The first-order valence-electron chi connectivity index (χ1n) is 6.37. The van der Waals surface area contributed by atoms with Crippen molar-refractivity contribution in [3.05, 3.63) is 30.6 Å². The van der Waals surface area contributed by atoms with Gasteiger partial charge in [-0.2, -0.15) is 0 Å². The molecule has 7 heteroatoms. The second-order valence-corrected chi connectivity index (χ2v) is 5.51. The molecule has 0 aliphatic rings. The molecule has 0 radical (unpaired) electrons. The number of para-hydroxylation sites is 1. The van der Waals surface area contributed by atoms with Crippen molar-refractivity contribution in [1.82, 2.24) is 20.2 Å². The van der Waals surface area contributed by atoms with Gasteiger partial charge in [0.2, 0.25) is 11.8 Å². The lowest BCUT2D eigenvalue weighted by Gasteiger charge is -2.10. The van der Waals surface area contributed by atoms with Crippen LogP contribution < -0.4 is 5.32 Å². The molecule has 0 aliphatic heterocycles. The van der Waals surface area contributed by atoms with Gasteiger partial charge in [0.25, 0.3) is 0 Å². The number of rotatable bonds is 5. The summed E-state index contributed by atoms with van der Waals surface area (Å²) < 4.78 is 0. The van der Waals surface area contributed by atoms with E-state index in [-0.39, 0.29) is 24.1 Å². The summed E-state index contributed by atoms with van der Waals surface area (Å²) in [6.45, 7) is 0.0108. The largest absolute Gasteiger partial charge is 0.347 e. The number of carbonyl (C=O) groups excluding carboxylic acids is 2. The van der Waals surface area contributed by atoms with Crippen LogP contribution in [0.15, 0.2) is 35.6 Å². The van der Waals surface area contributed by atoms with Gasteiger partial charge in [-0.15, -0.1) is 0 Å². The van der Waals surface area contributed by atoms with Crippen LogP contribution in [0.1, 0.15) is 0 Å². The molecular weight excluding hydrogens is 288 g/mol. The Morgan fingerprint density at radius 1 is 1.24 bits per heavy atom. The van der Waals surface area contributed by atoms with E-state index in [4.69, 9.17) is 0 Å². The van der Waals surface area contributed by atoms with E-state index in [0.29, 0.717) is 0 Å². The predicted octanol–water partition coefficient (Wildman–Crippen LogP) is 0.926. The fourth-order valence-corrected chi connectivity index (χ4v) is 2.43. The van der Waals surface area contributed by atoms with Gasteiger partial charge in [-0.1, -0.05) is 30.0 Å². The Kier molecular flexibility index (Phi) is 5.10. The van der Waals surface area contributed by atoms with Gasteiger partial charge in [-0.25, -0.2) is 9.97 Å². The SMILES string of the molecule is CN(C)C(=O)CNC(=O)CSc1ncnc2ccccc12. The fourth-order valence-electron chi connectivity index (χ4n) is 1.61. The van der Waals surface area contributed by atoms with Crippen LogP contribution in [0, 0.1) is 0 Å². The van der Waals surface area contributed by atoms with Crippen molar-refractivity contribution in [2.75, 3.05) is 26.4 Å². The normalized spacial score (nSPS) is 10.4. The number of carbonyl (C=O) groups is 2. The Labute approximate surface area is 126 Å². The van der Waals surface area contributed by atoms with Gasteiger partial charge >= 0.3 is 0 Å². The third-order valence-electron chi connectivity index (χ3n) is 2.78. The van der Waals surface area contributed by atoms with E-state index in [1.807, 2.05) is 24.3 Å². The summed E-state index contributed by atoms with van der Waals surface area (Å²) in [7, 11) is 3.30. The predicted molar refractivity (Wildman–Crippen MR) is 82.0 cm³/mol. The van der Waals surface area contributed by atoms with Crippen LogP contribution in [0.4, 0.5) is 0 Å². The zero-order valence-electron chi connectivity index (χ0n) is 11.9. The highest BCUT2D eigenvalue weighted by Gasteiger charge is 2.09. The van der Waals surface area contributed by atoms with Gasteiger partial charge in [0.05, 0.1) is 17.8 Å². The number of amides is 2. The molecule has 2 amide bonds. The van der Waals surface area contributed by atoms with Crippen molar-refractivity contribution in [3.63, 3.8) is 0 Å². The van der Waals surface area contributed by atoms with E-state index >= 15 is 0 Å². The highest BCUT2D eigenvalue weighted by Crippen LogP contribution is 2.23. The Bertz CT molecular complexity index is 655. The Morgan fingerprint density at radius 3 is 2.76 bits per heavy atom. The maximum atomic E-state index is 11.7. The standard InChI is InChI=1S/C14H16N4O2S/c1-18(2)13(20)7-15-12(19)8-21-14-10-5-3-4-6-11(10)16-9-17-14/h3-6,9H,7-8H2,1-2H3,(H,15,19). The number of likely N-dealkylation sites (N-methyl/N-ethyl adjacent to an activating group) is 1. The zero-order chi connectivity index (χ0) is 15.2. The summed E-state index contributed by atoms with van der Waals surface area (Å²) in [5.41, 5.74) is 0.846. The van der Waals surface area contributed by atoms with Crippen molar-refractivity contribution in [2.24, 2.45) is 0 Å². The third kappa shape index (κ3) is 4.16. The lowest BCUT2D eigenvalue weighted by molar-refractivity contribution is -0.130. The molecule has 1 aromatic carbocycles. The first-order chi connectivity index (χ1) is 10.1. The van der Waals surface area contributed by atoms with Gasteiger partial charge in [0.15, 0.2) is 0 Å². The molecule has 2 aromatic rings. The lowest BCUT2D eigenvalue weighted by Crippen LogP contribution is -2.36.